The van der Waals surface area contributed by atoms with Crippen molar-refractivity contribution < 1.29 is 9.13 Å². The van der Waals surface area contributed by atoms with E-state index in [0.29, 0.717) is 12.0 Å². The number of benzene rings is 1. The monoisotopic (exact) mass is 345 g/mol. The van der Waals surface area contributed by atoms with E-state index in [0.717, 1.165) is 42.5 Å². The van der Waals surface area contributed by atoms with Crippen molar-refractivity contribution in [3.05, 3.63) is 34.1 Å². The van der Waals surface area contributed by atoms with Gasteiger partial charge in [-0.25, -0.2) is 4.39 Å². The number of hydrogen-bond acceptors (Lipinski definition) is 2. The highest BCUT2D eigenvalue weighted by atomic mass is 79.9. The molecule has 1 rings (SSSR count). The first-order valence-electron chi connectivity index (χ1n) is 7.23. The highest BCUT2D eigenvalue weighted by Gasteiger charge is 2.15. The summed E-state index contributed by atoms with van der Waals surface area (Å²) in [6.45, 7) is 6.14. The van der Waals surface area contributed by atoms with Crippen LogP contribution in [0.4, 0.5) is 4.39 Å². The topological polar surface area (TPSA) is 21.3 Å². The maximum absolute atomic E-state index is 13.1. The minimum atomic E-state index is -0.202. The maximum atomic E-state index is 13.1. The van der Waals surface area contributed by atoms with Crippen LogP contribution in [0.2, 0.25) is 0 Å². The minimum Gasteiger partial charge on any atom is -0.384 e. The van der Waals surface area contributed by atoms with Gasteiger partial charge in [0.25, 0.3) is 0 Å². The summed E-state index contributed by atoms with van der Waals surface area (Å²) in [6, 6.07) is 5.31. The molecule has 1 aromatic rings. The van der Waals surface area contributed by atoms with E-state index in [1.807, 2.05) is 6.07 Å². The fourth-order valence-electron chi connectivity index (χ4n) is 2.38. The number of methoxy groups -OCH3 is 1. The molecule has 0 aromatic heterocycles. The highest BCUT2D eigenvalue weighted by Crippen LogP contribution is 2.21. The van der Waals surface area contributed by atoms with Crippen LogP contribution in [-0.4, -0.2) is 26.3 Å². The first-order chi connectivity index (χ1) is 9.56. The van der Waals surface area contributed by atoms with Crippen LogP contribution in [0.15, 0.2) is 22.7 Å². The van der Waals surface area contributed by atoms with E-state index in [4.69, 9.17) is 4.74 Å². The lowest BCUT2D eigenvalue weighted by molar-refractivity contribution is 0.149. The quantitative estimate of drug-likeness (QED) is 0.725. The molecule has 0 aliphatic carbocycles. The van der Waals surface area contributed by atoms with Crippen LogP contribution >= 0.6 is 15.9 Å². The SMILES string of the molecule is CCCNC(Cc1ccc(F)cc1Br)CC(C)COC. The summed E-state index contributed by atoms with van der Waals surface area (Å²) in [5.74, 6) is 0.306. The largest absolute Gasteiger partial charge is 0.384 e. The summed E-state index contributed by atoms with van der Waals surface area (Å²) < 4.78 is 19.2. The summed E-state index contributed by atoms with van der Waals surface area (Å²) in [5.41, 5.74) is 1.14. The predicted octanol–water partition coefficient (Wildman–Crippen LogP) is 4.17. The van der Waals surface area contributed by atoms with Crippen LogP contribution in [-0.2, 0) is 11.2 Å². The van der Waals surface area contributed by atoms with E-state index in [9.17, 15) is 4.39 Å². The Morgan fingerprint density at radius 1 is 1.40 bits per heavy atom. The maximum Gasteiger partial charge on any atom is 0.124 e. The molecule has 0 heterocycles. The second-order valence-electron chi connectivity index (χ2n) is 5.39. The lowest BCUT2D eigenvalue weighted by Gasteiger charge is -2.22. The zero-order chi connectivity index (χ0) is 15.0. The van der Waals surface area contributed by atoms with Crippen molar-refractivity contribution in [2.24, 2.45) is 5.92 Å². The Balaban J connectivity index is 2.67. The van der Waals surface area contributed by atoms with Gasteiger partial charge in [-0.05, 0) is 49.4 Å². The number of ether oxygens (including phenoxy) is 1. The van der Waals surface area contributed by atoms with Gasteiger partial charge < -0.3 is 10.1 Å². The first kappa shape index (κ1) is 17.6. The fourth-order valence-corrected chi connectivity index (χ4v) is 2.89. The van der Waals surface area contributed by atoms with E-state index in [1.165, 1.54) is 12.1 Å². The van der Waals surface area contributed by atoms with Crippen LogP contribution in [0.25, 0.3) is 0 Å². The van der Waals surface area contributed by atoms with Gasteiger partial charge in [0.1, 0.15) is 5.82 Å². The Morgan fingerprint density at radius 3 is 2.75 bits per heavy atom. The van der Waals surface area contributed by atoms with Gasteiger partial charge in [-0.15, -0.1) is 0 Å². The number of nitrogens with one attached hydrogen (secondary N) is 1. The summed E-state index contributed by atoms with van der Waals surface area (Å²) in [6.07, 6.45) is 3.06. The Hall–Kier alpha value is -0.450. The van der Waals surface area contributed by atoms with Gasteiger partial charge in [0, 0.05) is 24.2 Å². The second-order valence-corrected chi connectivity index (χ2v) is 6.24. The molecule has 1 N–H and O–H groups in total. The summed E-state index contributed by atoms with van der Waals surface area (Å²) in [5, 5.41) is 3.58. The fraction of sp³-hybridized carbons (Fsp3) is 0.625. The van der Waals surface area contributed by atoms with Gasteiger partial charge in [0.05, 0.1) is 0 Å². The highest BCUT2D eigenvalue weighted by molar-refractivity contribution is 9.10. The van der Waals surface area contributed by atoms with Gasteiger partial charge in [-0.1, -0.05) is 35.8 Å². The zero-order valence-electron chi connectivity index (χ0n) is 12.6. The first-order valence-corrected chi connectivity index (χ1v) is 8.02. The number of rotatable bonds is 9. The zero-order valence-corrected chi connectivity index (χ0v) is 14.2. The normalized spacial score (nSPS) is 14.2. The molecule has 4 heteroatoms. The number of halogens is 2. The van der Waals surface area contributed by atoms with Crippen molar-refractivity contribution in [3.8, 4) is 0 Å². The lowest BCUT2D eigenvalue weighted by Crippen LogP contribution is -2.34. The third-order valence-corrected chi connectivity index (χ3v) is 4.04. The van der Waals surface area contributed by atoms with Crippen molar-refractivity contribution >= 4 is 15.9 Å². The third-order valence-electron chi connectivity index (χ3n) is 3.30. The van der Waals surface area contributed by atoms with Crippen LogP contribution in [0, 0.1) is 11.7 Å². The molecule has 0 fully saturated rings. The smallest absolute Gasteiger partial charge is 0.124 e. The van der Waals surface area contributed by atoms with E-state index in [-0.39, 0.29) is 5.82 Å². The van der Waals surface area contributed by atoms with Gasteiger partial charge in [-0.2, -0.15) is 0 Å². The molecule has 0 spiro atoms. The Kier molecular flexibility index (Phi) is 8.34. The van der Waals surface area contributed by atoms with Gasteiger partial charge in [-0.3, -0.25) is 0 Å². The molecule has 0 amide bonds. The van der Waals surface area contributed by atoms with Crippen LogP contribution in [0.5, 0.6) is 0 Å². The van der Waals surface area contributed by atoms with Crippen molar-refractivity contribution in [1.82, 2.24) is 5.32 Å². The van der Waals surface area contributed by atoms with E-state index >= 15 is 0 Å². The van der Waals surface area contributed by atoms with E-state index in [1.54, 1.807) is 7.11 Å². The van der Waals surface area contributed by atoms with Gasteiger partial charge in [0.15, 0.2) is 0 Å². The van der Waals surface area contributed by atoms with Crippen LogP contribution in [0.3, 0.4) is 0 Å². The van der Waals surface area contributed by atoms with Crippen molar-refractivity contribution in [1.29, 1.82) is 0 Å². The molecule has 0 radical (unpaired) electrons. The average molecular weight is 346 g/mol. The van der Waals surface area contributed by atoms with Crippen LogP contribution < -0.4 is 5.32 Å². The molecule has 2 nitrogen and oxygen atoms in total. The molecule has 114 valence electrons. The summed E-state index contributed by atoms with van der Waals surface area (Å²) >= 11 is 3.45. The average Bonchev–Trinajstić information content (AvgIpc) is 2.39. The second kappa shape index (κ2) is 9.48. The molecule has 20 heavy (non-hydrogen) atoms. The Bertz CT molecular complexity index is 400. The molecule has 1 aromatic carbocycles. The Labute approximate surface area is 130 Å². The van der Waals surface area contributed by atoms with E-state index in [2.05, 4.69) is 35.1 Å². The van der Waals surface area contributed by atoms with Crippen molar-refractivity contribution in [2.75, 3.05) is 20.3 Å². The van der Waals surface area contributed by atoms with Crippen molar-refractivity contribution in [3.63, 3.8) is 0 Å². The molecule has 0 aliphatic heterocycles. The molecule has 0 aliphatic rings. The third kappa shape index (κ3) is 6.33. The molecule has 2 unspecified atom stereocenters. The number of hydrogen-bond donors (Lipinski definition) is 1. The lowest BCUT2D eigenvalue weighted by atomic mass is 9.96. The molecule has 0 saturated carbocycles. The summed E-state index contributed by atoms with van der Waals surface area (Å²) in [7, 11) is 1.74. The predicted molar refractivity (Wildman–Crippen MR) is 85.5 cm³/mol. The van der Waals surface area contributed by atoms with Crippen molar-refractivity contribution in [2.45, 2.75) is 39.2 Å². The van der Waals surface area contributed by atoms with Gasteiger partial charge in [0.2, 0.25) is 0 Å². The Morgan fingerprint density at radius 2 is 2.15 bits per heavy atom. The summed E-state index contributed by atoms with van der Waals surface area (Å²) in [4.78, 5) is 0. The molecular formula is C16H25BrFNO. The molecule has 0 bridgehead atoms. The van der Waals surface area contributed by atoms with Crippen LogP contribution in [0.1, 0.15) is 32.3 Å². The molecule has 2 atom stereocenters. The molecule has 0 saturated heterocycles. The standard InChI is InChI=1S/C16H25BrFNO/c1-4-7-19-15(8-12(2)11-20-3)9-13-5-6-14(18)10-16(13)17/h5-6,10,12,15,19H,4,7-9,11H2,1-3H3. The van der Waals surface area contributed by atoms with E-state index < -0.39 is 0 Å². The van der Waals surface area contributed by atoms with Gasteiger partial charge >= 0.3 is 0 Å². The molecular weight excluding hydrogens is 321 g/mol. The minimum absolute atomic E-state index is 0.202.